The Bertz CT molecular complexity index is 644. The van der Waals surface area contributed by atoms with Gasteiger partial charge in [0.25, 0.3) is 5.91 Å². The van der Waals surface area contributed by atoms with Gasteiger partial charge in [0.2, 0.25) is 0 Å². The van der Waals surface area contributed by atoms with E-state index in [2.05, 4.69) is 0 Å². The molecule has 3 N–H and O–H groups in total. The van der Waals surface area contributed by atoms with Crippen molar-refractivity contribution in [3.05, 3.63) is 58.6 Å². The van der Waals surface area contributed by atoms with E-state index in [1.807, 2.05) is 6.07 Å². The second-order valence-corrected chi connectivity index (χ2v) is 4.93. The first-order valence-corrected chi connectivity index (χ1v) is 6.44. The fourth-order valence-electron chi connectivity index (χ4n) is 1.87. The molecule has 2 aromatic carbocycles. The molecule has 2 rings (SSSR count). The van der Waals surface area contributed by atoms with Crippen molar-refractivity contribution in [1.82, 2.24) is 4.90 Å². The number of aromatic hydroxyl groups is 1. The molecule has 0 aromatic heterocycles. The lowest BCUT2D eigenvalue weighted by atomic mass is 10.1. The average molecular weight is 291 g/mol. The lowest BCUT2D eigenvalue weighted by molar-refractivity contribution is 0.0784. The van der Waals surface area contributed by atoms with E-state index in [4.69, 9.17) is 17.3 Å². The van der Waals surface area contributed by atoms with Crippen LogP contribution in [0.1, 0.15) is 15.9 Å². The molecule has 0 saturated heterocycles. The molecule has 0 saturated carbocycles. The number of halogens is 1. The van der Waals surface area contributed by atoms with Crippen LogP contribution >= 0.6 is 11.6 Å². The fraction of sp³-hybridized carbons (Fsp3) is 0.133. The number of hydrogen-bond donors (Lipinski definition) is 2. The molecule has 5 heteroatoms. The summed E-state index contributed by atoms with van der Waals surface area (Å²) in [5, 5.41) is 10.1. The number of phenols is 1. The van der Waals surface area contributed by atoms with Gasteiger partial charge >= 0.3 is 0 Å². The SMILES string of the molecule is CN(Cc1ccccc1O)C(=O)c1ccc(Cl)c(N)c1. The van der Waals surface area contributed by atoms with Crippen LogP contribution in [-0.4, -0.2) is 23.0 Å². The minimum Gasteiger partial charge on any atom is -0.508 e. The number of nitrogen functional groups attached to an aromatic ring is 1. The monoisotopic (exact) mass is 290 g/mol. The maximum Gasteiger partial charge on any atom is 0.253 e. The van der Waals surface area contributed by atoms with Crippen LogP contribution in [0.2, 0.25) is 5.02 Å². The second-order valence-electron chi connectivity index (χ2n) is 4.53. The minimum atomic E-state index is -0.184. The Labute approximate surface area is 122 Å². The van der Waals surface area contributed by atoms with Crippen LogP contribution in [-0.2, 0) is 6.54 Å². The molecule has 0 heterocycles. The van der Waals surface area contributed by atoms with Gasteiger partial charge in [0.15, 0.2) is 0 Å². The van der Waals surface area contributed by atoms with Gasteiger partial charge in [0, 0.05) is 24.7 Å². The van der Waals surface area contributed by atoms with Gasteiger partial charge in [0.1, 0.15) is 5.75 Å². The van der Waals surface area contributed by atoms with Crippen LogP contribution in [0.4, 0.5) is 5.69 Å². The maximum atomic E-state index is 12.3. The maximum absolute atomic E-state index is 12.3. The molecule has 0 aliphatic rings. The molecule has 1 amide bonds. The molecule has 0 unspecified atom stereocenters. The zero-order valence-corrected chi connectivity index (χ0v) is 11.8. The Morgan fingerprint density at radius 3 is 2.65 bits per heavy atom. The van der Waals surface area contributed by atoms with Gasteiger partial charge in [0.05, 0.1) is 10.7 Å². The van der Waals surface area contributed by atoms with Crippen LogP contribution in [0.15, 0.2) is 42.5 Å². The molecule has 2 aromatic rings. The standard InChI is InChI=1S/C15H15ClN2O2/c1-18(9-11-4-2-3-5-14(11)19)15(20)10-6-7-12(16)13(17)8-10/h2-8,19H,9,17H2,1H3. The van der Waals surface area contributed by atoms with Crippen molar-refractivity contribution in [2.45, 2.75) is 6.54 Å². The van der Waals surface area contributed by atoms with E-state index in [0.29, 0.717) is 28.4 Å². The molecule has 0 aliphatic heterocycles. The topological polar surface area (TPSA) is 66.6 Å². The third kappa shape index (κ3) is 3.03. The average Bonchev–Trinajstić information content (AvgIpc) is 2.43. The Morgan fingerprint density at radius 2 is 2.00 bits per heavy atom. The zero-order chi connectivity index (χ0) is 14.7. The van der Waals surface area contributed by atoms with Crippen LogP contribution in [0.3, 0.4) is 0 Å². The van der Waals surface area contributed by atoms with Gasteiger partial charge in [-0.05, 0) is 24.3 Å². The number of nitrogens with zero attached hydrogens (tertiary/aromatic N) is 1. The Morgan fingerprint density at radius 1 is 1.30 bits per heavy atom. The molecule has 0 spiro atoms. The highest BCUT2D eigenvalue weighted by atomic mass is 35.5. The summed E-state index contributed by atoms with van der Waals surface area (Å²) in [6, 6.07) is 11.7. The van der Waals surface area contributed by atoms with Gasteiger partial charge in [-0.3, -0.25) is 4.79 Å². The summed E-state index contributed by atoms with van der Waals surface area (Å²) >= 11 is 5.83. The first-order chi connectivity index (χ1) is 9.49. The van der Waals surface area contributed by atoms with E-state index in [1.54, 1.807) is 43.4 Å². The summed E-state index contributed by atoms with van der Waals surface area (Å²) in [7, 11) is 1.67. The number of benzene rings is 2. The van der Waals surface area contributed by atoms with E-state index in [1.165, 1.54) is 4.90 Å². The van der Waals surface area contributed by atoms with Crippen LogP contribution < -0.4 is 5.73 Å². The van der Waals surface area contributed by atoms with E-state index in [-0.39, 0.29) is 11.7 Å². The summed E-state index contributed by atoms with van der Waals surface area (Å²) < 4.78 is 0. The van der Waals surface area contributed by atoms with Crippen molar-refractivity contribution in [2.75, 3.05) is 12.8 Å². The number of hydrogen-bond acceptors (Lipinski definition) is 3. The number of carbonyl (C=O) groups is 1. The molecule has 0 fully saturated rings. The van der Waals surface area contributed by atoms with Crippen LogP contribution in [0, 0.1) is 0 Å². The Balaban J connectivity index is 2.16. The summed E-state index contributed by atoms with van der Waals surface area (Å²) in [6.45, 7) is 0.314. The van der Waals surface area contributed by atoms with E-state index in [9.17, 15) is 9.90 Å². The number of carbonyl (C=O) groups excluding carboxylic acids is 1. The summed E-state index contributed by atoms with van der Waals surface area (Å²) in [5.41, 5.74) is 7.21. The molecule has 0 radical (unpaired) electrons. The smallest absolute Gasteiger partial charge is 0.253 e. The largest absolute Gasteiger partial charge is 0.508 e. The zero-order valence-electron chi connectivity index (χ0n) is 11.0. The van der Waals surface area contributed by atoms with Crippen molar-refractivity contribution < 1.29 is 9.90 Å². The van der Waals surface area contributed by atoms with Gasteiger partial charge < -0.3 is 15.7 Å². The quantitative estimate of drug-likeness (QED) is 0.854. The fourth-order valence-corrected chi connectivity index (χ4v) is 1.99. The first kappa shape index (κ1) is 14.2. The lowest BCUT2D eigenvalue weighted by Crippen LogP contribution is -2.26. The third-order valence-corrected chi connectivity index (χ3v) is 3.33. The summed E-state index contributed by atoms with van der Waals surface area (Å²) in [4.78, 5) is 13.8. The molecular formula is C15H15ClN2O2. The third-order valence-electron chi connectivity index (χ3n) is 2.99. The number of nitrogens with two attached hydrogens (primary N) is 1. The minimum absolute atomic E-state index is 0.169. The van der Waals surface area contributed by atoms with Crippen molar-refractivity contribution in [3.8, 4) is 5.75 Å². The number of phenolic OH excluding ortho intramolecular Hbond substituents is 1. The normalized spacial score (nSPS) is 10.3. The van der Waals surface area contributed by atoms with Crippen molar-refractivity contribution in [2.24, 2.45) is 0 Å². The van der Waals surface area contributed by atoms with Gasteiger partial charge in [-0.1, -0.05) is 29.8 Å². The molecule has 0 bridgehead atoms. The van der Waals surface area contributed by atoms with Gasteiger partial charge in [-0.15, -0.1) is 0 Å². The predicted molar refractivity (Wildman–Crippen MR) is 79.8 cm³/mol. The predicted octanol–water partition coefficient (Wildman–Crippen LogP) is 2.90. The molecular weight excluding hydrogens is 276 g/mol. The van der Waals surface area contributed by atoms with Crippen LogP contribution in [0.5, 0.6) is 5.75 Å². The highest BCUT2D eigenvalue weighted by Crippen LogP contribution is 2.22. The van der Waals surface area contributed by atoms with Crippen molar-refractivity contribution in [3.63, 3.8) is 0 Å². The molecule has 104 valence electrons. The lowest BCUT2D eigenvalue weighted by Gasteiger charge is -2.18. The molecule has 20 heavy (non-hydrogen) atoms. The molecule has 0 aliphatic carbocycles. The van der Waals surface area contributed by atoms with Crippen molar-refractivity contribution >= 4 is 23.2 Å². The Hall–Kier alpha value is -2.20. The summed E-state index contributed by atoms with van der Waals surface area (Å²) in [6.07, 6.45) is 0. The molecule has 0 atom stereocenters. The highest BCUT2D eigenvalue weighted by Gasteiger charge is 2.14. The number of para-hydroxylation sites is 1. The molecule has 4 nitrogen and oxygen atoms in total. The Kier molecular flexibility index (Phi) is 4.15. The highest BCUT2D eigenvalue weighted by molar-refractivity contribution is 6.33. The van der Waals surface area contributed by atoms with Crippen LogP contribution in [0.25, 0.3) is 0 Å². The van der Waals surface area contributed by atoms with E-state index < -0.39 is 0 Å². The van der Waals surface area contributed by atoms with Gasteiger partial charge in [-0.25, -0.2) is 0 Å². The van der Waals surface area contributed by atoms with E-state index >= 15 is 0 Å². The van der Waals surface area contributed by atoms with E-state index in [0.717, 1.165) is 0 Å². The number of amides is 1. The number of rotatable bonds is 3. The van der Waals surface area contributed by atoms with Crippen molar-refractivity contribution in [1.29, 1.82) is 0 Å². The summed E-state index contributed by atoms with van der Waals surface area (Å²) in [5.74, 6) is -0.0145. The first-order valence-electron chi connectivity index (χ1n) is 6.06. The second kappa shape index (κ2) is 5.84. The number of anilines is 1. The van der Waals surface area contributed by atoms with Gasteiger partial charge in [-0.2, -0.15) is 0 Å².